The number of benzene rings is 2. The van der Waals surface area contributed by atoms with Crippen LogP contribution in [0, 0.1) is 17.3 Å². The molecule has 1 saturated heterocycles. The zero-order valence-electron chi connectivity index (χ0n) is 22.7. The number of halogens is 2. The van der Waals surface area contributed by atoms with Crippen LogP contribution in [-0.2, 0) is 14.3 Å². The van der Waals surface area contributed by atoms with Crippen molar-refractivity contribution in [2.24, 2.45) is 5.41 Å². The van der Waals surface area contributed by atoms with Crippen molar-refractivity contribution < 1.29 is 14.3 Å². The predicted molar refractivity (Wildman–Crippen MR) is 160 cm³/mol. The van der Waals surface area contributed by atoms with Gasteiger partial charge < -0.3 is 15.4 Å². The number of rotatable bonds is 9. The molecule has 1 saturated carbocycles. The molecule has 0 radical (unpaired) electrons. The van der Waals surface area contributed by atoms with Crippen LogP contribution in [0.4, 0.5) is 5.69 Å². The molecule has 0 spiro atoms. The van der Waals surface area contributed by atoms with E-state index in [1.807, 2.05) is 18.2 Å². The molecular weight excluding hydrogens is 583 g/mol. The Morgan fingerprint density at radius 2 is 1.98 bits per heavy atom. The molecule has 2 heterocycles. The second-order valence-corrected chi connectivity index (χ2v) is 12.4. The number of carbonyl (C=O) groups is 2. The summed E-state index contributed by atoms with van der Waals surface area (Å²) < 4.78 is 7.09. The first-order valence-corrected chi connectivity index (χ1v) is 15.2. The van der Waals surface area contributed by atoms with Gasteiger partial charge in [0.15, 0.2) is 0 Å². The number of nitrogens with one attached hydrogen (secondary N) is 2. The minimum absolute atomic E-state index is 0.0607. The molecule has 2 amide bonds. The molecule has 214 valence electrons. The summed E-state index contributed by atoms with van der Waals surface area (Å²) in [5.74, 6) is 6.26. The van der Waals surface area contributed by atoms with Gasteiger partial charge in [0.1, 0.15) is 5.41 Å². The Morgan fingerprint density at radius 3 is 2.68 bits per heavy atom. The summed E-state index contributed by atoms with van der Waals surface area (Å²) in [6, 6.07) is 11.0. The van der Waals surface area contributed by atoms with Gasteiger partial charge in [0, 0.05) is 18.7 Å². The van der Waals surface area contributed by atoms with E-state index in [4.69, 9.17) is 27.9 Å². The van der Waals surface area contributed by atoms with Crippen LogP contribution in [0.2, 0.25) is 10.0 Å². The summed E-state index contributed by atoms with van der Waals surface area (Å²) in [4.78, 5) is 25.3. The van der Waals surface area contributed by atoms with E-state index < -0.39 is 5.41 Å². The number of tetrazole rings is 1. The monoisotopic (exact) mass is 612 g/mol. The average Bonchev–Trinajstić information content (AvgIpc) is 3.46. The van der Waals surface area contributed by atoms with E-state index in [1.54, 1.807) is 32.0 Å². The molecule has 1 aliphatic heterocycles. The second kappa shape index (κ2) is 12.8. The zero-order valence-corrected chi connectivity index (χ0v) is 25.1. The third kappa shape index (κ3) is 7.60. The Morgan fingerprint density at radius 1 is 1.15 bits per heavy atom. The van der Waals surface area contributed by atoms with E-state index in [-0.39, 0.29) is 23.7 Å². The van der Waals surface area contributed by atoms with Crippen LogP contribution < -0.4 is 10.6 Å². The van der Waals surface area contributed by atoms with Gasteiger partial charge >= 0.3 is 0 Å². The number of thioether (sulfide) groups is 1. The van der Waals surface area contributed by atoms with E-state index in [2.05, 4.69) is 38.0 Å². The van der Waals surface area contributed by atoms with Crippen molar-refractivity contribution in [3.05, 3.63) is 57.6 Å². The molecular formula is C29H30Cl2N6O3S. The van der Waals surface area contributed by atoms with Gasteiger partial charge in [0.2, 0.25) is 17.0 Å². The minimum Gasteiger partial charge on any atom is -0.376 e. The topological polar surface area (TPSA) is 111 Å². The molecule has 2 N–H and O–H groups in total. The van der Waals surface area contributed by atoms with Gasteiger partial charge in [0.05, 0.1) is 33.3 Å². The average molecular weight is 614 g/mol. The fourth-order valence-electron chi connectivity index (χ4n) is 4.31. The molecule has 2 aromatic carbocycles. The summed E-state index contributed by atoms with van der Waals surface area (Å²) in [6.07, 6.45) is 4.41. The predicted octanol–water partition coefficient (Wildman–Crippen LogP) is 5.25. The van der Waals surface area contributed by atoms with Gasteiger partial charge in [-0.05, 0) is 91.8 Å². The van der Waals surface area contributed by atoms with Crippen LogP contribution in [0.3, 0.4) is 0 Å². The highest BCUT2D eigenvalue weighted by atomic mass is 35.5. The van der Waals surface area contributed by atoms with Crippen LogP contribution in [0.25, 0.3) is 5.69 Å². The van der Waals surface area contributed by atoms with Crippen molar-refractivity contribution in [2.45, 2.75) is 56.7 Å². The summed E-state index contributed by atoms with van der Waals surface area (Å²) in [5.41, 5.74) is 2.07. The largest absolute Gasteiger partial charge is 0.376 e. The van der Waals surface area contributed by atoms with Gasteiger partial charge in [-0.25, -0.2) is 0 Å². The molecule has 2 aliphatic rings. The van der Waals surface area contributed by atoms with Gasteiger partial charge in [-0.2, -0.15) is 4.68 Å². The highest BCUT2D eigenvalue weighted by Gasteiger charge is 2.27. The number of nitrogens with zero attached hydrogens (tertiary/aromatic N) is 4. The minimum atomic E-state index is -0.895. The van der Waals surface area contributed by atoms with E-state index in [0.717, 1.165) is 19.4 Å². The summed E-state index contributed by atoms with van der Waals surface area (Å²) in [5, 5.41) is 18.9. The van der Waals surface area contributed by atoms with Crippen LogP contribution >= 0.6 is 35.0 Å². The lowest BCUT2D eigenvalue weighted by Gasteiger charge is -2.19. The molecule has 3 aromatic rings. The first-order chi connectivity index (χ1) is 19.7. The third-order valence-electron chi connectivity index (χ3n) is 6.87. The molecule has 1 aromatic heterocycles. The maximum absolute atomic E-state index is 12.7. The van der Waals surface area contributed by atoms with E-state index in [0.29, 0.717) is 44.6 Å². The van der Waals surface area contributed by atoms with Gasteiger partial charge in [0.25, 0.3) is 0 Å². The molecule has 9 nitrogen and oxygen atoms in total. The Bertz CT molecular complexity index is 1510. The SMILES string of the molecule is CC(C)(C#Cc1ccc(NC(=O)CSc2nnnn2-c2ccc(C3CC3)cc2Cl)c(Cl)c1)C(=O)NCC1CCCO1. The van der Waals surface area contributed by atoms with E-state index in [9.17, 15) is 9.59 Å². The van der Waals surface area contributed by atoms with Crippen molar-refractivity contribution in [1.82, 2.24) is 25.5 Å². The lowest BCUT2D eigenvalue weighted by atomic mass is 9.92. The Hall–Kier alpha value is -3.10. The highest BCUT2D eigenvalue weighted by Crippen LogP contribution is 2.41. The summed E-state index contributed by atoms with van der Waals surface area (Å²) in [7, 11) is 0. The Balaban J connectivity index is 1.15. The number of carbonyl (C=O) groups excluding carboxylic acids is 2. The van der Waals surface area contributed by atoms with Crippen molar-refractivity contribution in [3.63, 3.8) is 0 Å². The van der Waals surface area contributed by atoms with Crippen LogP contribution in [-0.4, -0.2) is 57.0 Å². The first-order valence-electron chi connectivity index (χ1n) is 13.4. The zero-order chi connectivity index (χ0) is 29.0. The molecule has 1 aliphatic carbocycles. The van der Waals surface area contributed by atoms with Crippen molar-refractivity contribution in [1.29, 1.82) is 0 Å². The Kier molecular flexibility index (Phi) is 9.19. The number of anilines is 1. The standard InChI is InChI=1S/C29H30Cl2N6O3S/c1-29(2,27(39)32-16-21-4-3-13-40-21)12-11-18-5-9-24(22(30)14-18)33-26(38)17-41-28-34-35-36-37(28)25-10-8-20(15-23(25)31)19-6-7-19/h5,8-10,14-15,19,21H,3-4,6-7,13,16-17H2,1-2H3,(H,32,39)(H,33,38). The first kappa shape index (κ1) is 29.4. The maximum Gasteiger partial charge on any atom is 0.237 e. The molecule has 5 rings (SSSR count). The Labute approximate surface area is 253 Å². The van der Waals surface area contributed by atoms with Gasteiger partial charge in [-0.3, -0.25) is 9.59 Å². The lowest BCUT2D eigenvalue weighted by Crippen LogP contribution is -2.40. The van der Waals surface area contributed by atoms with Gasteiger partial charge in [-0.1, -0.05) is 52.9 Å². The number of hydrogen-bond donors (Lipinski definition) is 2. The van der Waals surface area contributed by atoms with Crippen molar-refractivity contribution in [3.8, 4) is 17.5 Å². The van der Waals surface area contributed by atoms with Crippen LogP contribution in [0.1, 0.15) is 56.6 Å². The molecule has 12 heteroatoms. The quantitative estimate of drug-likeness (QED) is 0.251. The molecule has 1 atom stereocenters. The number of amides is 2. The van der Waals surface area contributed by atoms with Crippen molar-refractivity contribution in [2.75, 3.05) is 24.2 Å². The number of ether oxygens (including phenoxy) is 1. The molecule has 2 fully saturated rings. The molecule has 0 bridgehead atoms. The number of aromatic nitrogens is 4. The maximum atomic E-state index is 12.7. The van der Waals surface area contributed by atoms with Crippen molar-refractivity contribution >= 4 is 52.5 Å². The molecule has 1 unspecified atom stereocenters. The lowest BCUT2D eigenvalue weighted by molar-refractivity contribution is -0.127. The van der Waals surface area contributed by atoms with Crippen LogP contribution in [0.15, 0.2) is 41.6 Å². The third-order valence-corrected chi connectivity index (χ3v) is 8.40. The summed E-state index contributed by atoms with van der Waals surface area (Å²) >= 11 is 14.1. The fourth-order valence-corrected chi connectivity index (χ4v) is 5.49. The number of hydrogen-bond acceptors (Lipinski definition) is 7. The highest BCUT2D eigenvalue weighted by molar-refractivity contribution is 7.99. The summed E-state index contributed by atoms with van der Waals surface area (Å²) in [6.45, 7) is 4.77. The van der Waals surface area contributed by atoms with E-state index in [1.165, 1.54) is 34.8 Å². The van der Waals surface area contributed by atoms with E-state index >= 15 is 0 Å². The normalized spacial score (nSPS) is 16.6. The van der Waals surface area contributed by atoms with Gasteiger partial charge in [-0.15, -0.1) is 5.10 Å². The van der Waals surface area contributed by atoms with Crippen LogP contribution in [0.5, 0.6) is 0 Å². The smallest absolute Gasteiger partial charge is 0.237 e. The second-order valence-electron chi connectivity index (χ2n) is 10.6. The molecule has 41 heavy (non-hydrogen) atoms. The fraction of sp³-hybridized carbons (Fsp3) is 0.414.